The fraction of sp³-hybridized carbons (Fsp3) is 1.00. The average molecular weight is 159 g/mol. The summed E-state index contributed by atoms with van der Waals surface area (Å²) in [6, 6.07) is 0. The van der Waals surface area contributed by atoms with Gasteiger partial charge in [0.2, 0.25) is 0 Å². The summed E-state index contributed by atoms with van der Waals surface area (Å²) in [6.45, 7) is -0.896. The highest BCUT2D eigenvalue weighted by atomic mass is 79.9. The van der Waals surface area contributed by atoms with Gasteiger partial charge >= 0.3 is 4.83 Å². The van der Waals surface area contributed by atoms with Crippen molar-refractivity contribution in [3.63, 3.8) is 0 Å². The summed E-state index contributed by atoms with van der Waals surface area (Å²) in [5.41, 5.74) is 6.06. The van der Waals surface area contributed by atoms with Crippen LogP contribution in [0.1, 0.15) is 0 Å². The van der Waals surface area contributed by atoms with Gasteiger partial charge in [-0.2, -0.15) is 8.78 Å². The van der Waals surface area contributed by atoms with Crippen LogP contribution in [0.15, 0.2) is 0 Å². The van der Waals surface area contributed by atoms with Gasteiger partial charge in [0.25, 0.3) is 0 Å². The van der Waals surface area contributed by atoms with Crippen molar-refractivity contribution in [1.82, 2.24) is 5.73 Å². The molecule has 1 radical (unpaired) electrons. The summed E-state index contributed by atoms with van der Waals surface area (Å²) in [7, 11) is 0. The zero-order valence-electron chi connectivity index (χ0n) is 2.84. The first kappa shape index (κ1) is 6.30. The number of halogens is 3. The number of alkyl halides is 3. The SMILES string of the molecule is [NH]CC(F)(F)Br. The molecule has 0 spiro atoms. The van der Waals surface area contributed by atoms with Crippen molar-refractivity contribution in [2.75, 3.05) is 6.54 Å². The molecule has 1 N–H and O–H groups in total. The van der Waals surface area contributed by atoms with E-state index < -0.39 is 11.4 Å². The summed E-state index contributed by atoms with van der Waals surface area (Å²) < 4.78 is 22.4. The smallest absolute Gasteiger partial charge is 0.251 e. The zero-order chi connectivity index (χ0) is 5.21. The Morgan fingerprint density at radius 1 is 1.67 bits per heavy atom. The Kier molecular flexibility index (Phi) is 1.93. The second-order valence-electron chi connectivity index (χ2n) is 0.792. The van der Waals surface area contributed by atoms with Gasteiger partial charge in [0, 0.05) is 0 Å². The van der Waals surface area contributed by atoms with Crippen LogP contribution in [0, 0.1) is 0 Å². The lowest BCUT2D eigenvalue weighted by Crippen LogP contribution is -2.11. The molecule has 0 fully saturated rings. The second kappa shape index (κ2) is 1.84. The van der Waals surface area contributed by atoms with Gasteiger partial charge in [-0.25, -0.2) is 0 Å². The topological polar surface area (TPSA) is 23.8 Å². The fourth-order valence-corrected chi connectivity index (χ4v) is 0. The van der Waals surface area contributed by atoms with Crippen LogP contribution in [-0.4, -0.2) is 11.4 Å². The van der Waals surface area contributed by atoms with E-state index in [-0.39, 0.29) is 0 Å². The lowest BCUT2D eigenvalue weighted by molar-refractivity contribution is 0.123. The highest BCUT2D eigenvalue weighted by molar-refractivity contribution is 9.10. The molecule has 0 aliphatic carbocycles. The first-order chi connectivity index (χ1) is 2.56. The first-order valence-electron chi connectivity index (χ1n) is 1.27. The maximum absolute atomic E-state index is 11.2. The van der Waals surface area contributed by atoms with Crippen molar-refractivity contribution >= 4 is 15.9 Å². The Hall–Kier alpha value is 0.300. The van der Waals surface area contributed by atoms with Crippen LogP contribution in [0.5, 0.6) is 0 Å². The minimum absolute atomic E-state index is 0.896. The van der Waals surface area contributed by atoms with E-state index in [0.717, 1.165) is 0 Å². The van der Waals surface area contributed by atoms with E-state index in [0.29, 0.717) is 0 Å². The summed E-state index contributed by atoms with van der Waals surface area (Å²) in [4.78, 5) is -2.98. The molecular weight excluding hydrogens is 156 g/mol. The van der Waals surface area contributed by atoms with Crippen LogP contribution in [0.2, 0.25) is 0 Å². The molecule has 0 saturated carbocycles. The second-order valence-corrected chi connectivity index (χ2v) is 1.95. The Bertz CT molecular complexity index is 41.3. The third-order valence-electron chi connectivity index (χ3n) is 0.200. The Morgan fingerprint density at radius 2 is 1.83 bits per heavy atom. The molecule has 0 bridgehead atoms. The van der Waals surface area contributed by atoms with Crippen LogP contribution >= 0.6 is 15.9 Å². The van der Waals surface area contributed by atoms with Gasteiger partial charge in [0.05, 0.1) is 6.54 Å². The maximum atomic E-state index is 11.2. The summed E-state index contributed by atoms with van der Waals surface area (Å²) in [5, 5.41) is 0. The molecule has 0 aromatic rings. The molecule has 1 nitrogen and oxygen atoms in total. The molecule has 0 amide bonds. The Morgan fingerprint density at radius 3 is 1.83 bits per heavy atom. The van der Waals surface area contributed by atoms with Crippen molar-refractivity contribution in [1.29, 1.82) is 0 Å². The third kappa shape index (κ3) is 4.30. The molecule has 6 heavy (non-hydrogen) atoms. The van der Waals surface area contributed by atoms with Gasteiger partial charge in [0.15, 0.2) is 0 Å². The molecule has 0 aromatic carbocycles. The molecule has 0 unspecified atom stereocenters. The highest BCUT2D eigenvalue weighted by Crippen LogP contribution is 2.18. The molecular formula is C2H3BrF2N. The summed E-state index contributed by atoms with van der Waals surface area (Å²) in [6.07, 6.45) is 0. The van der Waals surface area contributed by atoms with Crippen molar-refractivity contribution < 1.29 is 8.78 Å². The van der Waals surface area contributed by atoms with E-state index in [9.17, 15) is 8.78 Å². The zero-order valence-corrected chi connectivity index (χ0v) is 4.43. The monoisotopic (exact) mass is 158 g/mol. The van der Waals surface area contributed by atoms with Crippen LogP contribution in [-0.2, 0) is 0 Å². The molecule has 0 saturated heterocycles. The van der Waals surface area contributed by atoms with Gasteiger partial charge in [-0.3, -0.25) is 5.73 Å². The molecule has 4 heteroatoms. The third-order valence-corrected chi connectivity index (χ3v) is 0.481. The molecule has 0 heterocycles. The van der Waals surface area contributed by atoms with Crippen molar-refractivity contribution in [2.45, 2.75) is 4.83 Å². The van der Waals surface area contributed by atoms with Gasteiger partial charge in [0.1, 0.15) is 0 Å². The van der Waals surface area contributed by atoms with E-state index in [4.69, 9.17) is 5.73 Å². The molecule has 0 atom stereocenters. The Labute approximate surface area is 42.6 Å². The molecule has 0 aromatic heterocycles. The summed E-state index contributed by atoms with van der Waals surface area (Å²) >= 11 is 1.96. The lowest BCUT2D eigenvalue weighted by atomic mass is 10.7. The number of hydrogen-bond acceptors (Lipinski definition) is 0. The van der Waals surface area contributed by atoms with Crippen LogP contribution < -0.4 is 5.73 Å². The number of rotatable bonds is 1. The van der Waals surface area contributed by atoms with Crippen molar-refractivity contribution in [3.05, 3.63) is 0 Å². The summed E-state index contributed by atoms with van der Waals surface area (Å²) in [5.74, 6) is 0. The minimum atomic E-state index is -2.98. The van der Waals surface area contributed by atoms with E-state index in [1.807, 2.05) is 15.9 Å². The van der Waals surface area contributed by atoms with Crippen LogP contribution in [0.3, 0.4) is 0 Å². The van der Waals surface area contributed by atoms with Crippen LogP contribution in [0.25, 0.3) is 0 Å². The predicted molar refractivity (Wildman–Crippen MR) is 21.8 cm³/mol. The molecule has 0 aliphatic heterocycles. The normalized spacial score (nSPS) is 12.0. The van der Waals surface area contributed by atoms with E-state index in [2.05, 4.69) is 0 Å². The van der Waals surface area contributed by atoms with E-state index in [1.165, 1.54) is 0 Å². The van der Waals surface area contributed by atoms with Crippen molar-refractivity contribution in [3.8, 4) is 0 Å². The maximum Gasteiger partial charge on any atom is 0.314 e. The molecule has 37 valence electrons. The quantitative estimate of drug-likeness (QED) is 0.514. The minimum Gasteiger partial charge on any atom is -0.251 e. The van der Waals surface area contributed by atoms with Gasteiger partial charge < -0.3 is 0 Å². The van der Waals surface area contributed by atoms with E-state index in [1.54, 1.807) is 0 Å². The Balaban J connectivity index is 3.17. The number of hydrogen-bond donors (Lipinski definition) is 0. The lowest BCUT2D eigenvalue weighted by Gasteiger charge is -1.98. The largest absolute Gasteiger partial charge is 0.314 e. The number of nitrogens with one attached hydrogen (secondary N) is 1. The van der Waals surface area contributed by atoms with Gasteiger partial charge in [-0.1, -0.05) is 0 Å². The predicted octanol–water partition coefficient (Wildman–Crippen LogP) is 1.26. The first-order valence-corrected chi connectivity index (χ1v) is 2.07. The average Bonchev–Trinajstić information content (AvgIpc) is 1.35. The van der Waals surface area contributed by atoms with Crippen molar-refractivity contribution in [2.24, 2.45) is 0 Å². The van der Waals surface area contributed by atoms with Crippen LogP contribution in [0.4, 0.5) is 8.78 Å². The van der Waals surface area contributed by atoms with E-state index >= 15 is 0 Å². The standard InChI is InChI=1S/C2H3BrF2N/c3-2(4,5)1-6/h6H,1H2. The fourth-order valence-electron chi connectivity index (χ4n) is 0. The highest BCUT2D eigenvalue weighted by Gasteiger charge is 2.20. The molecule has 0 aliphatic rings. The van der Waals surface area contributed by atoms with Gasteiger partial charge in [-0.15, -0.1) is 0 Å². The van der Waals surface area contributed by atoms with Gasteiger partial charge in [-0.05, 0) is 15.9 Å². The molecule has 0 rings (SSSR count).